The molecule has 1 aliphatic rings. The minimum absolute atomic E-state index is 0.359. The van der Waals surface area contributed by atoms with Gasteiger partial charge in [0.2, 0.25) is 0 Å². The standard InChI is InChI=1S/C14H21N/c1-3-4-14(15)12-8-7-11-6-5-10(2)9-13(11)12/h5-6,9,12,14H,3-4,7-8,15H2,1-2H3. The van der Waals surface area contributed by atoms with Crippen molar-refractivity contribution in [2.75, 3.05) is 0 Å². The van der Waals surface area contributed by atoms with Crippen LogP contribution in [0, 0.1) is 6.92 Å². The summed E-state index contributed by atoms with van der Waals surface area (Å²) in [5, 5.41) is 0. The molecule has 0 fully saturated rings. The third kappa shape index (κ3) is 2.07. The summed E-state index contributed by atoms with van der Waals surface area (Å²) in [4.78, 5) is 0. The molecule has 0 aliphatic heterocycles. The highest BCUT2D eigenvalue weighted by atomic mass is 14.7. The summed E-state index contributed by atoms with van der Waals surface area (Å²) in [6.07, 6.45) is 4.81. The number of aryl methyl sites for hydroxylation is 2. The summed E-state index contributed by atoms with van der Waals surface area (Å²) < 4.78 is 0. The average molecular weight is 203 g/mol. The number of fused-ring (bicyclic) bond motifs is 1. The quantitative estimate of drug-likeness (QED) is 0.802. The van der Waals surface area contributed by atoms with E-state index in [1.54, 1.807) is 0 Å². The molecule has 1 aromatic rings. The Hall–Kier alpha value is -0.820. The lowest BCUT2D eigenvalue weighted by molar-refractivity contribution is 0.492. The van der Waals surface area contributed by atoms with Gasteiger partial charge in [0, 0.05) is 6.04 Å². The van der Waals surface area contributed by atoms with Gasteiger partial charge in [-0.2, -0.15) is 0 Å². The van der Waals surface area contributed by atoms with E-state index in [2.05, 4.69) is 32.0 Å². The molecule has 2 N–H and O–H groups in total. The van der Waals surface area contributed by atoms with Crippen LogP contribution >= 0.6 is 0 Å². The Balaban J connectivity index is 2.23. The van der Waals surface area contributed by atoms with Crippen LogP contribution in [-0.4, -0.2) is 6.04 Å². The lowest BCUT2D eigenvalue weighted by atomic mass is 9.90. The van der Waals surface area contributed by atoms with Crippen molar-refractivity contribution in [2.24, 2.45) is 5.73 Å². The molecule has 0 aromatic heterocycles. The zero-order chi connectivity index (χ0) is 10.8. The normalized spacial score (nSPS) is 21.4. The molecule has 0 heterocycles. The fourth-order valence-corrected chi connectivity index (χ4v) is 2.73. The zero-order valence-corrected chi connectivity index (χ0v) is 9.79. The van der Waals surface area contributed by atoms with Gasteiger partial charge in [-0.1, -0.05) is 37.1 Å². The first-order valence-corrected chi connectivity index (χ1v) is 6.07. The number of hydrogen-bond donors (Lipinski definition) is 1. The van der Waals surface area contributed by atoms with E-state index in [-0.39, 0.29) is 0 Å². The van der Waals surface area contributed by atoms with Crippen LogP contribution in [0.4, 0.5) is 0 Å². The molecule has 0 amide bonds. The fourth-order valence-electron chi connectivity index (χ4n) is 2.73. The molecule has 1 aliphatic carbocycles. The summed E-state index contributed by atoms with van der Waals surface area (Å²) in [6, 6.07) is 7.19. The van der Waals surface area contributed by atoms with Gasteiger partial charge in [0.1, 0.15) is 0 Å². The second kappa shape index (κ2) is 4.36. The van der Waals surface area contributed by atoms with Gasteiger partial charge in [0.15, 0.2) is 0 Å². The summed E-state index contributed by atoms with van der Waals surface area (Å²) in [5.74, 6) is 0.611. The molecule has 0 radical (unpaired) electrons. The Labute approximate surface area is 92.7 Å². The fraction of sp³-hybridized carbons (Fsp3) is 0.571. The first kappa shape index (κ1) is 10.7. The van der Waals surface area contributed by atoms with E-state index in [0.29, 0.717) is 12.0 Å². The zero-order valence-electron chi connectivity index (χ0n) is 9.79. The van der Waals surface area contributed by atoms with E-state index >= 15 is 0 Å². The van der Waals surface area contributed by atoms with E-state index in [4.69, 9.17) is 5.73 Å². The number of nitrogens with two attached hydrogens (primary N) is 1. The lowest BCUT2D eigenvalue weighted by Crippen LogP contribution is -2.26. The maximum atomic E-state index is 6.25. The van der Waals surface area contributed by atoms with Crippen molar-refractivity contribution in [1.82, 2.24) is 0 Å². The molecular weight excluding hydrogens is 182 g/mol. The number of benzene rings is 1. The van der Waals surface area contributed by atoms with Crippen molar-refractivity contribution in [3.63, 3.8) is 0 Å². The topological polar surface area (TPSA) is 26.0 Å². The summed E-state index contributed by atoms with van der Waals surface area (Å²) >= 11 is 0. The molecular formula is C14H21N. The average Bonchev–Trinajstić information content (AvgIpc) is 2.60. The van der Waals surface area contributed by atoms with Crippen molar-refractivity contribution in [2.45, 2.75) is 51.5 Å². The molecule has 15 heavy (non-hydrogen) atoms. The van der Waals surface area contributed by atoms with Gasteiger partial charge in [0.25, 0.3) is 0 Å². The molecule has 82 valence electrons. The van der Waals surface area contributed by atoms with Crippen molar-refractivity contribution in [3.05, 3.63) is 34.9 Å². The van der Waals surface area contributed by atoms with Crippen LogP contribution in [-0.2, 0) is 6.42 Å². The van der Waals surface area contributed by atoms with E-state index in [0.717, 1.165) is 6.42 Å². The Kier molecular flexibility index (Phi) is 3.11. The smallest absolute Gasteiger partial charge is 0.0108 e. The third-order valence-corrected chi connectivity index (χ3v) is 3.56. The highest BCUT2D eigenvalue weighted by Gasteiger charge is 2.26. The molecule has 0 spiro atoms. The molecule has 1 aromatic carbocycles. The minimum Gasteiger partial charge on any atom is -0.327 e. The van der Waals surface area contributed by atoms with Gasteiger partial charge in [-0.25, -0.2) is 0 Å². The maximum Gasteiger partial charge on any atom is 0.0108 e. The van der Waals surface area contributed by atoms with Crippen molar-refractivity contribution >= 4 is 0 Å². The predicted molar refractivity (Wildman–Crippen MR) is 65.1 cm³/mol. The van der Waals surface area contributed by atoms with Gasteiger partial charge in [-0.15, -0.1) is 0 Å². The van der Waals surface area contributed by atoms with Gasteiger partial charge < -0.3 is 5.73 Å². The van der Waals surface area contributed by atoms with E-state index < -0.39 is 0 Å². The van der Waals surface area contributed by atoms with Crippen LogP contribution in [0.1, 0.15) is 48.8 Å². The highest BCUT2D eigenvalue weighted by molar-refractivity contribution is 5.38. The molecule has 0 saturated carbocycles. The first-order valence-electron chi connectivity index (χ1n) is 6.07. The molecule has 1 heteroatoms. The van der Waals surface area contributed by atoms with Crippen molar-refractivity contribution in [1.29, 1.82) is 0 Å². The Morgan fingerprint density at radius 2 is 2.27 bits per heavy atom. The van der Waals surface area contributed by atoms with E-state index in [9.17, 15) is 0 Å². The van der Waals surface area contributed by atoms with Crippen LogP contribution in [0.5, 0.6) is 0 Å². The van der Waals surface area contributed by atoms with Gasteiger partial charge >= 0.3 is 0 Å². The van der Waals surface area contributed by atoms with Gasteiger partial charge in [-0.3, -0.25) is 0 Å². The van der Waals surface area contributed by atoms with Crippen LogP contribution in [0.15, 0.2) is 18.2 Å². The summed E-state index contributed by atoms with van der Waals surface area (Å²) in [7, 11) is 0. The van der Waals surface area contributed by atoms with E-state index in [1.807, 2.05) is 0 Å². The molecule has 2 atom stereocenters. The van der Waals surface area contributed by atoms with Gasteiger partial charge in [-0.05, 0) is 43.2 Å². The molecule has 1 nitrogen and oxygen atoms in total. The van der Waals surface area contributed by atoms with Crippen LogP contribution in [0.25, 0.3) is 0 Å². The monoisotopic (exact) mass is 203 g/mol. The largest absolute Gasteiger partial charge is 0.327 e. The summed E-state index contributed by atoms with van der Waals surface area (Å²) in [5.41, 5.74) is 10.7. The third-order valence-electron chi connectivity index (χ3n) is 3.56. The van der Waals surface area contributed by atoms with Crippen LogP contribution in [0.3, 0.4) is 0 Å². The van der Waals surface area contributed by atoms with Crippen LogP contribution < -0.4 is 5.73 Å². The van der Waals surface area contributed by atoms with Gasteiger partial charge in [0.05, 0.1) is 0 Å². The number of rotatable bonds is 3. The number of hydrogen-bond acceptors (Lipinski definition) is 1. The minimum atomic E-state index is 0.359. The second-order valence-corrected chi connectivity index (χ2v) is 4.80. The summed E-state index contributed by atoms with van der Waals surface area (Å²) in [6.45, 7) is 4.38. The molecule has 2 rings (SSSR count). The second-order valence-electron chi connectivity index (χ2n) is 4.80. The van der Waals surface area contributed by atoms with Crippen LogP contribution in [0.2, 0.25) is 0 Å². The highest BCUT2D eigenvalue weighted by Crippen LogP contribution is 2.36. The molecule has 2 unspecified atom stereocenters. The SMILES string of the molecule is CCCC(N)C1CCc2ccc(C)cc21. The maximum absolute atomic E-state index is 6.25. The lowest BCUT2D eigenvalue weighted by Gasteiger charge is -2.19. The predicted octanol–water partition coefficient (Wildman–Crippen LogP) is 3.15. The Morgan fingerprint density at radius 1 is 1.47 bits per heavy atom. The Morgan fingerprint density at radius 3 is 3.00 bits per heavy atom. The Bertz CT molecular complexity index is 343. The molecule has 0 bridgehead atoms. The van der Waals surface area contributed by atoms with E-state index in [1.165, 1.54) is 36.0 Å². The van der Waals surface area contributed by atoms with Crippen molar-refractivity contribution < 1.29 is 0 Å². The first-order chi connectivity index (χ1) is 7.22. The molecule has 0 saturated heterocycles. The van der Waals surface area contributed by atoms with Crippen molar-refractivity contribution in [3.8, 4) is 0 Å².